The van der Waals surface area contributed by atoms with Crippen LogP contribution in [0.5, 0.6) is 5.75 Å². The van der Waals surface area contributed by atoms with Crippen molar-refractivity contribution >= 4 is 29.9 Å². The van der Waals surface area contributed by atoms with Crippen LogP contribution in [0.15, 0.2) is 53.5 Å². The SMILES string of the molecule is CN=C(NCc1ccc(OCC(F)(F)F)cc1)NCc1ccccc1COC.I. The zero-order valence-electron chi connectivity index (χ0n) is 16.3. The Hall–Kier alpha value is -2.01. The number of nitrogens with one attached hydrogen (secondary N) is 2. The fourth-order valence-corrected chi connectivity index (χ4v) is 2.48. The number of hydrogen-bond acceptors (Lipinski definition) is 3. The molecule has 0 spiro atoms. The lowest BCUT2D eigenvalue weighted by molar-refractivity contribution is -0.153. The molecule has 9 heteroatoms. The monoisotopic (exact) mass is 523 g/mol. The Morgan fingerprint density at radius 3 is 2.17 bits per heavy atom. The van der Waals surface area contributed by atoms with Crippen molar-refractivity contribution in [1.29, 1.82) is 0 Å². The smallest absolute Gasteiger partial charge is 0.422 e. The third kappa shape index (κ3) is 9.35. The molecule has 0 amide bonds. The van der Waals surface area contributed by atoms with Gasteiger partial charge in [-0.3, -0.25) is 4.99 Å². The summed E-state index contributed by atoms with van der Waals surface area (Å²) >= 11 is 0. The van der Waals surface area contributed by atoms with Crippen molar-refractivity contribution < 1.29 is 22.6 Å². The molecule has 0 saturated carbocycles. The number of ether oxygens (including phenoxy) is 2. The third-order valence-electron chi connectivity index (χ3n) is 3.87. The summed E-state index contributed by atoms with van der Waals surface area (Å²) in [6, 6.07) is 14.4. The van der Waals surface area contributed by atoms with Crippen molar-refractivity contribution in [2.75, 3.05) is 20.8 Å². The Kier molecular flexibility index (Phi) is 10.8. The van der Waals surface area contributed by atoms with Gasteiger partial charge in [0.2, 0.25) is 0 Å². The van der Waals surface area contributed by atoms with Crippen molar-refractivity contribution in [1.82, 2.24) is 10.6 Å². The molecule has 0 heterocycles. The third-order valence-corrected chi connectivity index (χ3v) is 3.87. The fourth-order valence-electron chi connectivity index (χ4n) is 2.48. The van der Waals surface area contributed by atoms with Crippen LogP contribution < -0.4 is 15.4 Å². The number of alkyl halides is 3. The molecule has 0 aliphatic carbocycles. The Morgan fingerprint density at radius 1 is 0.966 bits per heavy atom. The largest absolute Gasteiger partial charge is 0.484 e. The number of aliphatic imine (C=N–C) groups is 1. The standard InChI is InChI=1S/C20H24F3N3O2.HI/c1-24-19(26-12-16-5-3-4-6-17(16)13-27-2)25-11-15-7-9-18(10-8-15)28-14-20(21,22)23;/h3-10H,11-14H2,1-2H3,(H2,24,25,26);1H. The lowest BCUT2D eigenvalue weighted by Crippen LogP contribution is -2.36. The Labute approximate surface area is 185 Å². The summed E-state index contributed by atoms with van der Waals surface area (Å²) < 4.78 is 46.4. The maximum absolute atomic E-state index is 12.2. The molecule has 5 nitrogen and oxygen atoms in total. The molecule has 2 rings (SSSR count). The van der Waals surface area contributed by atoms with Crippen LogP contribution in [-0.4, -0.2) is 32.9 Å². The summed E-state index contributed by atoms with van der Waals surface area (Å²) in [4.78, 5) is 4.18. The molecule has 0 atom stereocenters. The van der Waals surface area contributed by atoms with Gasteiger partial charge >= 0.3 is 6.18 Å². The second kappa shape index (κ2) is 12.5. The van der Waals surface area contributed by atoms with Crippen LogP contribution >= 0.6 is 24.0 Å². The van der Waals surface area contributed by atoms with E-state index in [4.69, 9.17) is 9.47 Å². The molecule has 2 aromatic rings. The first-order chi connectivity index (χ1) is 13.4. The molecule has 29 heavy (non-hydrogen) atoms. The van der Waals surface area contributed by atoms with E-state index in [-0.39, 0.29) is 29.7 Å². The van der Waals surface area contributed by atoms with Crippen LogP contribution in [-0.2, 0) is 24.4 Å². The van der Waals surface area contributed by atoms with Crippen LogP contribution in [0.4, 0.5) is 13.2 Å². The average Bonchev–Trinajstić information content (AvgIpc) is 2.68. The summed E-state index contributed by atoms with van der Waals surface area (Å²) in [7, 11) is 3.33. The van der Waals surface area contributed by atoms with E-state index < -0.39 is 12.8 Å². The van der Waals surface area contributed by atoms with Crippen LogP contribution in [0.3, 0.4) is 0 Å². The van der Waals surface area contributed by atoms with Gasteiger partial charge in [0.1, 0.15) is 5.75 Å². The van der Waals surface area contributed by atoms with Crippen molar-refractivity contribution in [2.24, 2.45) is 4.99 Å². The summed E-state index contributed by atoms with van der Waals surface area (Å²) in [5.41, 5.74) is 3.10. The highest BCUT2D eigenvalue weighted by atomic mass is 127. The van der Waals surface area contributed by atoms with E-state index >= 15 is 0 Å². The molecule has 0 radical (unpaired) electrons. The van der Waals surface area contributed by atoms with E-state index in [2.05, 4.69) is 15.6 Å². The molecule has 0 aliphatic rings. The minimum Gasteiger partial charge on any atom is -0.484 e. The normalized spacial score (nSPS) is 11.6. The fraction of sp³-hybridized carbons (Fsp3) is 0.350. The van der Waals surface area contributed by atoms with Gasteiger partial charge in [-0.2, -0.15) is 13.2 Å². The van der Waals surface area contributed by atoms with Gasteiger partial charge in [0, 0.05) is 27.2 Å². The van der Waals surface area contributed by atoms with Gasteiger partial charge in [0.15, 0.2) is 12.6 Å². The van der Waals surface area contributed by atoms with Crippen molar-refractivity contribution in [3.63, 3.8) is 0 Å². The van der Waals surface area contributed by atoms with Gasteiger partial charge < -0.3 is 20.1 Å². The maximum Gasteiger partial charge on any atom is 0.422 e. The Morgan fingerprint density at radius 2 is 1.59 bits per heavy atom. The maximum atomic E-state index is 12.2. The lowest BCUT2D eigenvalue weighted by atomic mass is 10.1. The first-order valence-corrected chi connectivity index (χ1v) is 8.70. The van der Waals surface area contributed by atoms with E-state index in [0.717, 1.165) is 16.7 Å². The van der Waals surface area contributed by atoms with E-state index in [9.17, 15) is 13.2 Å². The average molecular weight is 523 g/mol. The van der Waals surface area contributed by atoms with E-state index in [1.54, 1.807) is 26.3 Å². The quantitative estimate of drug-likeness (QED) is 0.309. The van der Waals surface area contributed by atoms with Crippen molar-refractivity contribution in [3.05, 3.63) is 65.2 Å². The molecule has 0 bridgehead atoms. The predicted octanol–water partition coefficient (Wildman–Crippen LogP) is 4.26. The molecule has 0 saturated heterocycles. The summed E-state index contributed by atoms with van der Waals surface area (Å²) in [5, 5.41) is 6.41. The zero-order valence-corrected chi connectivity index (χ0v) is 18.6. The first-order valence-electron chi connectivity index (χ1n) is 8.70. The molecule has 0 aromatic heterocycles. The second-order valence-corrected chi connectivity index (χ2v) is 6.03. The van der Waals surface area contributed by atoms with Gasteiger partial charge in [-0.1, -0.05) is 36.4 Å². The summed E-state index contributed by atoms with van der Waals surface area (Å²) in [6.07, 6.45) is -4.35. The van der Waals surface area contributed by atoms with Gasteiger partial charge in [0.25, 0.3) is 0 Å². The van der Waals surface area contributed by atoms with Crippen LogP contribution in [0.25, 0.3) is 0 Å². The summed E-state index contributed by atoms with van der Waals surface area (Å²) in [6.45, 7) is 0.292. The minimum absolute atomic E-state index is 0. The van der Waals surface area contributed by atoms with Crippen molar-refractivity contribution in [2.45, 2.75) is 25.9 Å². The highest BCUT2D eigenvalue weighted by Crippen LogP contribution is 2.18. The van der Waals surface area contributed by atoms with E-state index in [1.165, 1.54) is 12.1 Å². The van der Waals surface area contributed by atoms with Crippen LogP contribution in [0.1, 0.15) is 16.7 Å². The van der Waals surface area contributed by atoms with Gasteiger partial charge in [-0.05, 0) is 28.8 Å². The number of benzene rings is 2. The molecule has 2 aromatic carbocycles. The highest BCUT2D eigenvalue weighted by Gasteiger charge is 2.28. The van der Waals surface area contributed by atoms with Crippen LogP contribution in [0.2, 0.25) is 0 Å². The van der Waals surface area contributed by atoms with Crippen molar-refractivity contribution in [3.8, 4) is 5.75 Å². The number of methoxy groups -OCH3 is 1. The lowest BCUT2D eigenvalue weighted by Gasteiger charge is -2.14. The first kappa shape index (κ1) is 25.0. The van der Waals surface area contributed by atoms with Crippen LogP contribution in [0, 0.1) is 0 Å². The second-order valence-electron chi connectivity index (χ2n) is 6.03. The number of hydrogen-bond donors (Lipinski definition) is 2. The molecule has 2 N–H and O–H groups in total. The number of halogens is 4. The molecular weight excluding hydrogens is 498 g/mol. The highest BCUT2D eigenvalue weighted by molar-refractivity contribution is 14.0. The topological polar surface area (TPSA) is 54.9 Å². The van der Waals surface area contributed by atoms with Gasteiger partial charge in [-0.25, -0.2) is 0 Å². The molecular formula is C20H25F3IN3O2. The minimum atomic E-state index is -4.35. The number of nitrogens with zero attached hydrogens (tertiary/aromatic N) is 1. The number of guanidine groups is 1. The van der Waals surface area contributed by atoms with E-state index in [0.29, 0.717) is 25.7 Å². The molecule has 0 aliphatic heterocycles. The van der Waals surface area contributed by atoms with E-state index in [1.807, 2.05) is 24.3 Å². The Bertz CT molecular complexity index is 768. The van der Waals surface area contributed by atoms with Gasteiger partial charge in [0.05, 0.1) is 6.61 Å². The molecule has 0 unspecified atom stereocenters. The predicted molar refractivity (Wildman–Crippen MR) is 118 cm³/mol. The number of rotatable bonds is 8. The molecule has 0 fully saturated rings. The molecule has 160 valence electrons. The Balaban J connectivity index is 0.00000420. The zero-order chi connectivity index (χ0) is 20.4. The summed E-state index contributed by atoms with van der Waals surface area (Å²) in [5.74, 6) is 0.794. The van der Waals surface area contributed by atoms with Gasteiger partial charge in [-0.15, -0.1) is 24.0 Å².